The number of piperidine rings is 2. The molecule has 7 nitrogen and oxygen atoms in total. The van der Waals surface area contributed by atoms with Crippen molar-refractivity contribution in [2.24, 2.45) is 0 Å². The van der Waals surface area contributed by atoms with Crippen molar-refractivity contribution in [2.45, 2.75) is 63.3 Å². The Morgan fingerprint density at radius 2 is 1.78 bits per heavy atom. The van der Waals surface area contributed by atoms with E-state index in [1.165, 1.54) is 18.4 Å². The molecule has 3 aliphatic rings. The normalized spacial score (nSPS) is 26.5. The number of nitrogens with one attached hydrogen (secondary N) is 1. The van der Waals surface area contributed by atoms with Crippen molar-refractivity contribution < 1.29 is 9.84 Å². The minimum absolute atomic E-state index is 0.0792. The van der Waals surface area contributed by atoms with Crippen LogP contribution in [0.15, 0.2) is 12.4 Å². The fourth-order valence-electron chi connectivity index (χ4n) is 4.49. The summed E-state index contributed by atoms with van der Waals surface area (Å²) in [4.78, 5) is 14.0. The number of anilines is 1. The highest BCUT2D eigenvalue weighted by atomic mass is 16.5. The van der Waals surface area contributed by atoms with Gasteiger partial charge in [-0.3, -0.25) is 4.90 Å². The average molecular weight is 376 g/mol. The zero-order valence-corrected chi connectivity index (χ0v) is 16.2. The number of ether oxygens (including phenoxy) is 1. The topological polar surface area (TPSA) is 73.8 Å². The number of nitrogens with zero attached hydrogens (tertiary/aromatic N) is 4. The van der Waals surface area contributed by atoms with Crippen LogP contribution in [0.25, 0.3) is 0 Å². The van der Waals surface area contributed by atoms with Crippen molar-refractivity contribution in [1.82, 2.24) is 19.8 Å². The first-order chi connectivity index (χ1) is 13.3. The highest BCUT2D eigenvalue weighted by Gasteiger charge is 2.27. The third kappa shape index (κ3) is 5.38. The molecule has 1 aromatic heterocycles. The first kappa shape index (κ1) is 19.1. The Morgan fingerprint density at radius 3 is 2.44 bits per heavy atom. The van der Waals surface area contributed by atoms with E-state index < -0.39 is 0 Å². The first-order valence-corrected chi connectivity index (χ1v) is 10.6. The van der Waals surface area contributed by atoms with Crippen LogP contribution in [0.1, 0.15) is 44.1 Å². The van der Waals surface area contributed by atoms with Gasteiger partial charge in [0, 0.05) is 56.8 Å². The van der Waals surface area contributed by atoms with E-state index in [-0.39, 0.29) is 6.10 Å². The molecular formula is C20H33N5O2. The number of rotatable bonds is 6. The molecule has 0 aromatic carbocycles. The molecule has 0 aliphatic carbocycles. The molecule has 0 bridgehead atoms. The van der Waals surface area contributed by atoms with E-state index in [2.05, 4.69) is 25.1 Å². The summed E-state index contributed by atoms with van der Waals surface area (Å²) in [6.07, 6.45) is 10.7. The Hall–Kier alpha value is -1.28. The molecule has 1 aromatic rings. The summed E-state index contributed by atoms with van der Waals surface area (Å²) in [6.45, 7) is 6.96. The number of aliphatic hydroxyl groups excluding tert-OH is 1. The van der Waals surface area contributed by atoms with Gasteiger partial charge in [0.05, 0.1) is 12.2 Å². The molecule has 0 amide bonds. The van der Waals surface area contributed by atoms with Crippen LogP contribution >= 0.6 is 0 Å². The number of likely N-dealkylation sites (tertiary alicyclic amines) is 2. The molecule has 0 spiro atoms. The van der Waals surface area contributed by atoms with Crippen molar-refractivity contribution in [1.29, 1.82) is 0 Å². The second-order valence-corrected chi connectivity index (χ2v) is 8.21. The molecule has 1 atom stereocenters. The maximum Gasteiger partial charge on any atom is 0.222 e. The van der Waals surface area contributed by atoms with Crippen molar-refractivity contribution in [3.05, 3.63) is 18.0 Å². The largest absolute Gasteiger partial charge is 0.393 e. The van der Waals surface area contributed by atoms with Gasteiger partial charge in [0.2, 0.25) is 5.95 Å². The molecule has 2 N–H and O–H groups in total. The van der Waals surface area contributed by atoms with Crippen LogP contribution < -0.4 is 5.32 Å². The van der Waals surface area contributed by atoms with Crippen molar-refractivity contribution in [3.8, 4) is 0 Å². The molecular weight excluding hydrogens is 342 g/mol. The van der Waals surface area contributed by atoms with Gasteiger partial charge in [0.1, 0.15) is 0 Å². The Kier molecular flexibility index (Phi) is 6.55. The standard InChI is InChI=1S/C20H33N5O2/c26-18-5-9-25(10-6-18)17-3-7-24(8-4-17)15-16-12-21-20(22-13-16)23-14-19-2-1-11-27-19/h12-13,17-19,26H,1-11,14-15H2,(H,21,22,23)/t19-/m1/s1. The van der Waals surface area contributed by atoms with Crippen LogP contribution in [0, 0.1) is 0 Å². The quantitative estimate of drug-likeness (QED) is 0.780. The van der Waals surface area contributed by atoms with E-state index >= 15 is 0 Å². The number of hydrogen-bond donors (Lipinski definition) is 2. The van der Waals surface area contributed by atoms with Crippen LogP contribution in [0.4, 0.5) is 5.95 Å². The van der Waals surface area contributed by atoms with Gasteiger partial charge in [0.25, 0.3) is 0 Å². The summed E-state index contributed by atoms with van der Waals surface area (Å²) in [5.41, 5.74) is 1.18. The molecule has 7 heteroatoms. The van der Waals surface area contributed by atoms with E-state index in [9.17, 15) is 5.11 Å². The molecule has 3 saturated heterocycles. The predicted octanol–water partition coefficient (Wildman–Crippen LogP) is 1.49. The molecule has 4 heterocycles. The summed E-state index contributed by atoms with van der Waals surface area (Å²) >= 11 is 0. The van der Waals surface area contributed by atoms with Gasteiger partial charge in [-0.05, 0) is 51.6 Å². The lowest BCUT2D eigenvalue weighted by Crippen LogP contribution is -2.48. The summed E-state index contributed by atoms with van der Waals surface area (Å²) in [7, 11) is 0. The highest BCUT2D eigenvalue weighted by Crippen LogP contribution is 2.22. The first-order valence-electron chi connectivity index (χ1n) is 10.6. The lowest BCUT2D eigenvalue weighted by Gasteiger charge is -2.41. The summed E-state index contributed by atoms with van der Waals surface area (Å²) in [5.74, 6) is 0.695. The van der Waals surface area contributed by atoms with Crippen LogP contribution in [0.5, 0.6) is 0 Å². The monoisotopic (exact) mass is 375 g/mol. The third-order valence-corrected chi connectivity index (χ3v) is 6.20. The number of hydrogen-bond acceptors (Lipinski definition) is 7. The van der Waals surface area contributed by atoms with Crippen LogP contribution in [0.3, 0.4) is 0 Å². The smallest absolute Gasteiger partial charge is 0.222 e. The van der Waals surface area contributed by atoms with Crippen molar-refractivity contribution in [3.63, 3.8) is 0 Å². The lowest BCUT2D eigenvalue weighted by molar-refractivity contribution is 0.0375. The average Bonchev–Trinajstić information content (AvgIpc) is 3.22. The summed E-state index contributed by atoms with van der Waals surface area (Å²) in [6, 6.07) is 0.689. The van der Waals surface area contributed by atoms with Crippen molar-refractivity contribution in [2.75, 3.05) is 44.6 Å². The van der Waals surface area contributed by atoms with E-state index in [0.29, 0.717) is 18.1 Å². The molecule has 0 saturated carbocycles. The molecule has 3 fully saturated rings. The maximum atomic E-state index is 9.68. The SMILES string of the molecule is OC1CCN(C2CCN(Cc3cnc(NC[C@H]4CCCO4)nc3)CC2)CC1. The molecule has 0 unspecified atom stereocenters. The Labute approximate surface area is 162 Å². The molecule has 150 valence electrons. The van der Waals surface area contributed by atoms with Gasteiger partial charge in [-0.15, -0.1) is 0 Å². The Bertz CT molecular complexity index is 562. The van der Waals surface area contributed by atoms with Crippen LogP contribution in [-0.4, -0.2) is 82.5 Å². The van der Waals surface area contributed by atoms with E-state index in [1.54, 1.807) is 0 Å². The Morgan fingerprint density at radius 1 is 1.04 bits per heavy atom. The van der Waals surface area contributed by atoms with Crippen LogP contribution in [0.2, 0.25) is 0 Å². The maximum absolute atomic E-state index is 9.68. The number of aliphatic hydroxyl groups is 1. The Balaban J connectivity index is 1.18. The van der Waals surface area contributed by atoms with Gasteiger partial charge >= 0.3 is 0 Å². The van der Waals surface area contributed by atoms with Gasteiger partial charge < -0.3 is 20.1 Å². The fourth-order valence-corrected chi connectivity index (χ4v) is 4.49. The minimum atomic E-state index is -0.0792. The zero-order chi connectivity index (χ0) is 18.5. The van der Waals surface area contributed by atoms with E-state index in [0.717, 1.165) is 71.6 Å². The summed E-state index contributed by atoms with van der Waals surface area (Å²) in [5, 5.41) is 13.0. The third-order valence-electron chi connectivity index (χ3n) is 6.20. The summed E-state index contributed by atoms with van der Waals surface area (Å²) < 4.78 is 5.62. The predicted molar refractivity (Wildman–Crippen MR) is 105 cm³/mol. The minimum Gasteiger partial charge on any atom is -0.393 e. The van der Waals surface area contributed by atoms with E-state index in [4.69, 9.17) is 4.74 Å². The van der Waals surface area contributed by atoms with E-state index in [1.807, 2.05) is 12.4 Å². The lowest BCUT2D eigenvalue weighted by atomic mass is 9.99. The zero-order valence-electron chi connectivity index (χ0n) is 16.2. The molecule has 0 radical (unpaired) electrons. The second kappa shape index (κ2) is 9.28. The van der Waals surface area contributed by atoms with Gasteiger partial charge in [-0.2, -0.15) is 0 Å². The van der Waals surface area contributed by atoms with Gasteiger partial charge in [0.15, 0.2) is 0 Å². The molecule has 3 aliphatic heterocycles. The fraction of sp³-hybridized carbons (Fsp3) is 0.800. The van der Waals surface area contributed by atoms with Crippen LogP contribution in [-0.2, 0) is 11.3 Å². The van der Waals surface area contributed by atoms with Crippen molar-refractivity contribution >= 4 is 5.95 Å². The van der Waals surface area contributed by atoms with Gasteiger partial charge in [-0.25, -0.2) is 9.97 Å². The molecule has 4 rings (SSSR count). The molecule has 27 heavy (non-hydrogen) atoms. The highest BCUT2D eigenvalue weighted by molar-refractivity contribution is 5.25. The number of aromatic nitrogens is 2. The second-order valence-electron chi connectivity index (χ2n) is 8.21. The van der Waals surface area contributed by atoms with Gasteiger partial charge in [-0.1, -0.05) is 0 Å².